The maximum atomic E-state index is 6.57. The summed E-state index contributed by atoms with van der Waals surface area (Å²) in [6, 6.07) is 34.5. The Balaban J connectivity index is 1.26. The first-order valence-corrected chi connectivity index (χ1v) is 13.3. The molecule has 0 aliphatic carbocycles. The highest BCUT2D eigenvalue weighted by atomic mass is 16.5. The van der Waals surface area contributed by atoms with Crippen LogP contribution < -0.4 is 24.2 Å². The minimum absolute atomic E-state index is 0.331. The Bertz CT molecular complexity index is 1850. The molecule has 0 amide bonds. The molecule has 0 spiro atoms. The van der Waals surface area contributed by atoms with Crippen molar-refractivity contribution in [1.82, 2.24) is 9.55 Å². The van der Waals surface area contributed by atoms with Gasteiger partial charge in [0.05, 0.1) is 29.5 Å². The molecule has 1 aliphatic rings. The molecule has 1 aliphatic heterocycles. The van der Waals surface area contributed by atoms with E-state index >= 15 is 0 Å². The number of rotatable bonds is 5. The van der Waals surface area contributed by atoms with Gasteiger partial charge in [-0.3, -0.25) is 0 Å². The van der Waals surface area contributed by atoms with Crippen molar-refractivity contribution < 1.29 is 14.0 Å². The van der Waals surface area contributed by atoms with Crippen LogP contribution in [0.25, 0.3) is 16.7 Å². The van der Waals surface area contributed by atoms with Crippen molar-refractivity contribution in [1.29, 1.82) is 0 Å². The number of ether oxygens (including phenoxy) is 1. The highest BCUT2D eigenvalue weighted by Crippen LogP contribution is 2.43. The molecule has 0 fully saturated rings. The van der Waals surface area contributed by atoms with E-state index in [0.717, 1.165) is 50.9 Å². The quantitative estimate of drug-likeness (QED) is 0.159. The second kappa shape index (κ2) is 9.61. The van der Waals surface area contributed by atoms with Crippen LogP contribution in [0.4, 0.5) is 11.5 Å². The summed E-state index contributed by atoms with van der Waals surface area (Å²) in [6.45, 7) is 4.25. The predicted octanol–water partition coefficient (Wildman–Crippen LogP) is 5.99. The predicted molar refractivity (Wildman–Crippen MR) is 158 cm³/mol. The molecule has 0 bridgehead atoms. The molecule has 194 valence electrons. The number of pyridine rings is 1. The van der Waals surface area contributed by atoms with Crippen LogP contribution in [0.2, 0.25) is 0 Å². The van der Waals surface area contributed by atoms with Crippen LogP contribution in [0.3, 0.4) is 0 Å². The van der Waals surface area contributed by atoms with Gasteiger partial charge >= 0.3 is 7.05 Å². The summed E-state index contributed by atoms with van der Waals surface area (Å²) in [5, 5.41) is 0. The second-order valence-corrected chi connectivity index (χ2v) is 10.0. The molecular weight excluding hydrogens is 495 g/mol. The first kappa shape index (κ1) is 24.0. The SMILES string of the molecule is Cc1cccc(C)c1B1Oc2ccc(Oc3cccc(-n4[c-][n+](C)c5ccccc54)c3)cc2N1c1ccccn1. The molecule has 3 heterocycles. The summed E-state index contributed by atoms with van der Waals surface area (Å²) in [4.78, 5) is 6.82. The molecule has 2 aromatic heterocycles. The zero-order valence-corrected chi connectivity index (χ0v) is 22.6. The number of hydrogen-bond donors (Lipinski definition) is 0. The van der Waals surface area contributed by atoms with Gasteiger partial charge in [0.25, 0.3) is 0 Å². The van der Waals surface area contributed by atoms with E-state index in [-0.39, 0.29) is 7.05 Å². The number of nitrogens with zero attached hydrogens (tertiary/aromatic N) is 4. The Morgan fingerprint density at radius 2 is 1.60 bits per heavy atom. The van der Waals surface area contributed by atoms with Gasteiger partial charge in [-0.15, -0.1) is 0 Å². The average molecular weight is 522 g/mol. The molecular formula is C33H27BN4O2. The van der Waals surface area contributed by atoms with Crippen LogP contribution in [-0.4, -0.2) is 16.6 Å². The number of imidazole rings is 1. The van der Waals surface area contributed by atoms with Crippen LogP contribution in [-0.2, 0) is 7.05 Å². The van der Waals surface area contributed by atoms with Crippen molar-refractivity contribution in [2.75, 3.05) is 4.81 Å². The van der Waals surface area contributed by atoms with Gasteiger partial charge in [0.15, 0.2) is 0 Å². The van der Waals surface area contributed by atoms with E-state index in [1.807, 2.05) is 84.5 Å². The summed E-state index contributed by atoms with van der Waals surface area (Å²) in [7, 11) is 1.67. The minimum Gasteiger partial charge on any atom is -0.536 e. The van der Waals surface area contributed by atoms with Gasteiger partial charge < -0.3 is 23.3 Å². The van der Waals surface area contributed by atoms with Crippen LogP contribution in [0.5, 0.6) is 17.2 Å². The van der Waals surface area contributed by atoms with E-state index in [9.17, 15) is 0 Å². The van der Waals surface area contributed by atoms with Crippen LogP contribution in [0.1, 0.15) is 11.1 Å². The molecule has 0 saturated carbocycles. The van der Waals surface area contributed by atoms with E-state index in [4.69, 9.17) is 9.39 Å². The standard InChI is InChI=1S/C33H27BN4O2/c1-23-10-8-11-24(2)33(23)34-38(32-16-6-7-19-35-32)30-21-27(17-18-31(30)40-34)39-26-13-9-12-25(20-26)37-22-36(3)28-14-4-5-15-29(28)37/h4-21H,1-3H3. The number of fused-ring (bicyclic) bond motifs is 2. The topological polar surface area (TPSA) is 43.4 Å². The molecule has 0 atom stereocenters. The Labute approximate surface area is 233 Å². The summed E-state index contributed by atoms with van der Waals surface area (Å²) < 4.78 is 17.0. The lowest BCUT2D eigenvalue weighted by Crippen LogP contribution is -2.49. The highest BCUT2D eigenvalue weighted by Gasteiger charge is 2.42. The van der Waals surface area contributed by atoms with Crippen LogP contribution >= 0.6 is 0 Å². The Hall–Kier alpha value is -5.04. The number of para-hydroxylation sites is 2. The summed E-state index contributed by atoms with van der Waals surface area (Å²) in [5.41, 5.74) is 7.58. The number of hydrogen-bond acceptors (Lipinski definition) is 4. The van der Waals surface area contributed by atoms with Crippen molar-refractivity contribution in [3.05, 3.63) is 127 Å². The van der Waals surface area contributed by atoms with Gasteiger partial charge in [-0.25, -0.2) is 4.98 Å². The maximum Gasteiger partial charge on any atom is 0.526 e. The first-order chi connectivity index (χ1) is 19.6. The molecule has 0 N–H and O–H groups in total. The smallest absolute Gasteiger partial charge is 0.526 e. The average Bonchev–Trinajstić information content (AvgIpc) is 3.51. The van der Waals surface area contributed by atoms with Crippen molar-refractivity contribution in [3.8, 4) is 22.9 Å². The van der Waals surface area contributed by atoms with E-state index in [0.29, 0.717) is 0 Å². The van der Waals surface area contributed by atoms with Gasteiger partial charge in [-0.05, 0) is 55.7 Å². The highest BCUT2D eigenvalue weighted by molar-refractivity contribution is 6.75. The van der Waals surface area contributed by atoms with E-state index in [1.54, 1.807) is 0 Å². The van der Waals surface area contributed by atoms with Gasteiger partial charge in [0.1, 0.15) is 23.1 Å². The van der Waals surface area contributed by atoms with E-state index < -0.39 is 0 Å². The van der Waals surface area contributed by atoms with Gasteiger partial charge in [0.2, 0.25) is 6.33 Å². The lowest BCUT2D eigenvalue weighted by Gasteiger charge is -2.23. The lowest BCUT2D eigenvalue weighted by atomic mass is 9.67. The molecule has 6 nitrogen and oxygen atoms in total. The van der Waals surface area contributed by atoms with Gasteiger partial charge in [0, 0.05) is 12.3 Å². The number of anilines is 2. The van der Waals surface area contributed by atoms with Crippen molar-refractivity contribution >= 4 is 35.1 Å². The summed E-state index contributed by atoms with van der Waals surface area (Å²) >= 11 is 0. The third-order valence-corrected chi connectivity index (χ3v) is 7.39. The molecule has 0 saturated heterocycles. The zero-order chi connectivity index (χ0) is 27.2. The van der Waals surface area contributed by atoms with Crippen molar-refractivity contribution in [2.24, 2.45) is 7.05 Å². The minimum atomic E-state index is -0.331. The third kappa shape index (κ3) is 4.07. The normalized spacial score (nSPS) is 12.5. The Morgan fingerprint density at radius 1 is 0.825 bits per heavy atom. The fourth-order valence-electron chi connectivity index (χ4n) is 5.51. The number of aromatic nitrogens is 3. The second-order valence-electron chi connectivity index (χ2n) is 10.0. The molecule has 0 radical (unpaired) electrons. The monoisotopic (exact) mass is 522 g/mol. The summed E-state index contributed by atoms with van der Waals surface area (Å²) in [6.07, 6.45) is 5.20. The number of aryl methyl sites for hydroxylation is 3. The molecule has 6 aromatic rings. The Morgan fingerprint density at radius 3 is 2.42 bits per heavy atom. The van der Waals surface area contributed by atoms with Gasteiger partial charge in [-0.2, -0.15) is 0 Å². The Kier molecular flexibility index (Phi) is 5.78. The third-order valence-electron chi connectivity index (χ3n) is 7.39. The summed E-state index contributed by atoms with van der Waals surface area (Å²) in [5.74, 6) is 3.06. The molecule has 7 rings (SSSR count). The van der Waals surface area contributed by atoms with Crippen molar-refractivity contribution in [2.45, 2.75) is 13.8 Å². The lowest BCUT2D eigenvalue weighted by molar-refractivity contribution is -0.649. The molecule has 40 heavy (non-hydrogen) atoms. The molecule has 4 aromatic carbocycles. The van der Waals surface area contributed by atoms with Crippen molar-refractivity contribution in [3.63, 3.8) is 0 Å². The fraction of sp³-hybridized carbons (Fsp3) is 0.0909. The maximum absolute atomic E-state index is 6.57. The van der Waals surface area contributed by atoms with Crippen LogP contribution in [0, 0.1) is 20.2 Å². The fourth-order valence-corrected chi connectivity index (χ4v) is 5.51. The molecule has 0 unspecified atom stereocenters. The number of benzene rings is 4. The van der Waals surface area contributed by atoms with E-state index in [2.05, 4.69) is 70.9 Å². The first-order valence-electron chi connectivity index (χ1n) is 13.3. The van der Waals surface area contributed by atoms with Gasteiger partial charge in [-0.1, -0.05) is 71.8 Å². The zero-order valence-electron chi connectivity index (χ0n) is 22.6. The molecule has 7 heteroatoms. The van der Waals surface area contributed by atoms with Crippen LogP contribution in [0.15, 0.2) is 109 Å². The van der Waals surface area contributed by atoms with E-state index in [1.165, 1.54) is 11.1 Å². The largest absolute Gasteiger partial charge is 0.536 e.